The van der Waals surface area contributed by atoms with E-state index < -0.39 is 0 Å². The van der Waals surface area contributed by atoms with Crippen molar-refractivity contribution < 1.29 is 13.9 Å². The maximum Gasteiger partial charge on any atom is 0.174 e. The summed E-state index contributed by atoms with van der Waals surface area (Å²) in [7, 11) is 3.26. The summed E-state index contributed by atoms with van der Waals surface area (Å²) in [6, 6.07) is 25.1. The van der Waals surface area contributed by atoms with E-state index in [9.17, 15) is 0 Å². The van der Waals surface area contributed by atoms with Gasteiger partial charge in [-0.15, -0.1) is 0 Å². The molecule has 33 heavy (non-hydrogen) atoms. The Labute approximate surface area is 197 Å². The number of furan rings is 1. The molecule has 4 aromatic rings. The number of hydrogen-bond acceptors (Lipinski definition) is 5. The lowest BCUT2D eigenvalue weighted by Gasteiger charge is -2.27. The molecule has 1 fully saturated rings. The maximum absolute atomic E-state index is 6.39. The predicted octanol–water partition coefficient (Wildman–Crippen LogP) is 5.54. The Morgan fingerprint density at radius 2 is 1.76 bits per heavy atom. The number of aromatic nitrogens is 1. The van der Waals surface area contributed by atoms with Crippen molar-refractivity contribution in [1.82, 2.24) is 10.3 Å². The van der Waals surface area contributed by atoms with E-state index in [1.165, 1.54) is 0 Å². The Morgan fingerprint density at radius 1 is 0.939 bits per heavy atom. The van der Waals surface area contributed by atoms with Crippen molar-refractivity contribution in [3.63, 3.8) is 0 Å². The molecule has 166 valence electrons. The molecule has 2 unspecified atom stereocenters. The summed E-state index contributed by atoms with van der Waals surface area (Å²) < 4.78 is 17.5. The van der Waals surface area contributed by atoms with Gasteiger partial charge in [0.05, 0.1) is 31.6 Å². The predicted molar refractivity (Wildman–Crippen MR) is 132 cm³/mol. The second-order valence-corrected chi connectivity index (χ2v) is 7.99. The third-order valence-electron chi connectivity index (χ3n) is 5.72. The summed E-state index contributed by atoms with van der Waals surface area (Å²) in [6.07, 6.45) is 1.78. The molecular weight excluding hydrogens is 434 g/mol. The molecule has 3 heterocycles. The van der Waals surface area contributed by atoms with Crippen molar-refractivity contribution in [1.29, 1.82) is 0 Å². The van der Waals surface area contributed by atoms with Gasteiger partial charge < -0.3 is 24.1 Å². The van der Waals surface area contributed by atoms with Crippen molar-refractivity contribution in [2.75, 3.05) is 19.1 Å². The summed E-state index contributed by atoms with van der Waals surface area (Å²) in [5.41, 5.74) is 2.70. The molecular formula is C26H23N3O3S. The molecule has 0 bridgehead atoms. The van der Waals surface area contributed by atoms with Gasteiger partial charge in [0.25, 0.3) is 0 Å². The summed E-state index contributed by atoms with van der Waals surface area (Å²) in [6.45, 7) is 0. The highest BCUT2D eigenvalue weighted by Crippen LogP contribution is 2.46. The zero-order valence-electron chi connectivity index (χ0n) is 18.3. The minimum absolute atomic E-state index is 0.208. The number of thiocarbonyl (C=S) groups is 1. The first kappa shape index (κ1) is 21.0. The van der Waals surface area contributed by atoms with Crippen molar-refractivity contribution in [3.8, 4) is 22.8 Å². The van der Waals surface area contributed by atoms with E-state index in [-0.39, 0.29) is 12.1 Å². The molecule has 2 atom stereocenters. The van der Waals surface area contributed by atoms with Gasteiger partial charge in [0.1, 0.15) is 29.1 Å². The first-order chi connectivity index (χ1) is 16.2. The van der Waals surface area contributed by atoms with E-state index in [2.05, 4.69) is 10.3 Å². The molecule has 6 nitrogen and oxygen atoms in total. The van der Waals surface area contributed by atoms with Gasteiger partial charge in [-0.2, -0.15) is 0 Å². The fourth-order valence-electron chi connectivity index (χ4n) is 4.16. The smallest absolute Gasteiger partial charge is 0.174 e. The molecule has 2 aromatic heterocycles. The van der Waals surface area contributed by atoms with E-state index >= 15 is 0 Å². The van der Waals surface area contributed by atoms with Crippen LogP contribution < -0.4 is 19.7 Å². The highest BCUT2D eigenvalue weighted by molar-refractivity contribution is 7.80. The van der Waals surface area contributed by atoms with E-state index in [4.69, 9.17) is 26.1 Å². The van der Waals surface area contributed by atoms with Crippen LogP contribution in [0.4, 0.5) is 5.69 Å². The molecule has 0 amide bonds. The quantitative estimate of drug-likeness (QED) is 0.382. The van der Waals surface area contributed by atoms with Gasteiger partial charge in [-0.25, -0.2) is 0 Å². The molecule has 5 rings (SSSR count). The van der Waals surface area contributed by atoms with Crippen LogP contribution in [-0.2, 0) is 0 Å². The number of nitrogens with one attached hydrogen (secondary N) is 1. The molecule has 7 heteroatoms. The van der Waals surface area contributed by atoms with Crippen molar-refractivity contribution in [3.05, 3.63) is 96.5 Å². The molecule has 0 aliphatic carbocycles. The first-order valence-electron chi connectivity index (χ1n) is 10.6. The third kappa shape index (κ3) is 3.91. The Hall–Kier alpha value is -3.84. The van der Waals surface area contributed by atoms with Crippen LogP contribution in [0.3, 0.4) is 0 Å². The summed E-state index contributed by atoms with van der Waals surface area (Å²) in [5.74, 6) is 2.93. The first-order valence-corrected chi connectivity index (χ1v) is 11.0. The number of pyridine rings is 1. The van der Waals surface area contributed by atoms with Gasteiger partial charge in [0, 0.05) is 17.8 Å². The Balaban J connectivity index is 1.63. The number of ether oxygens (including phenoxy) is 2. The lowest BCUT2D eigenvalue weighted by Crippen LogP contribution is -2.29. The zero-order chi connectivity index (χ0) is 22.8. The van der Waals surface area contributed by atoms with Crippen LogP contribution in [0.1, 0.15) is 23.5 Å². The fourth-order valence-corrected chi connectivity index (χ4v) is 4.50. The van der Waals surface area contributed by atoms with E-state index in [1.54, 1.807) is 20.4 Å². The van der Waals surface area contributed by atoms with Gasteiger partial charge in [-0.05, 0) is 48.6 Å². The van der Waals surface area contributed by atoms with E-state index in [1.807, 2.05) is 83.8 Å². The van der Waals surface area contributed by atoms with Crippen LogP contribution in [0.25, 0.3) is 11.3 Å². The SMILES string of the molecule is COc1ccc(N2C(=S)NC(c3ccccn3)C2c2ccc(-c3ccccc3)o2)c(OC)c1. The number of methoxy groups -OCH3 is 2. The van der Waals surface area contributed by atoms with Gasteiger partial charge in [-0.1, -0.05) is 36.4 Å². The second-order valence-electron chi connectivity index (χ2n) is 7.60. The van der Waals surface area contributed by atoms with Crippen LogP contribution in [0, 0.1) is 0 Å². The lowest BCUT2D eigenvalue weighted by molar-refractivity contribution is 0.392. The van der Waals surface area contributed by atoms with Crippen LogP contribution in [0.2, 0.25) is 0 Å². The molecule has 1 aliphatic rings. The van der Waals surface area contributed by atoms with Crippen LogP contribution in [0.15, 0.2) is 89.5 Å². The van der Waals surface area contributed by atoms with Crippen LogP contribution >= 0.6 is 12.2 Å². The molecule has 1 aliphatic heterocycles. The maximum atomic E-state index is 6.39. The topological polar surface area (TPSA) is 59.8 Å². The molecule has 1 N–H and O–H groups in total. The molecule has 0 radical (unpaired) electrons. The van der Waals surface area contributed by atoms with Gasteiger partial charge in [0.15, 0.2) is 5.11 Å². The molecule has 0 saturated carbocycles. The van der Waals surface area contributed by atoms with Gasteiger partial charge >= 0.3 is 0 Å². The number of rotatable bonds is 6. The number of anilines is 1. The minimum Gasteiger partial charge on any atom is -0.497 e. The second kappa shape index (κ2) is 8.96. The number of nitrogens with zero attached hydrogens (tertiary/aromatic N) is 2. The Bertz CT molecular complexity index is 1260. The molecule has 2 aromatic carbocycles. The highest BCUT2D eigenvalue weighted by Gasteiger charge is 2.43. The zero-order valence-corrected chi connectivity index (χ0v) is 19.1. The Kier molecular flexibility index (Phi) is 5.71. The van der Waals surface area contributed by atoms with E-state index in [0.717, 1.165) is 28.5 Å². The fraction of sp³-hybridized carbons (Fsp3) is 0.154. The molecule has 0 spiro atoms. The average molecular weight is 458 g/mol. The Morgan fingerprint density at radius 3 is 2.48 bits per heavy atom. The van der Waals surface area contributed by atoms with E-state index in [0.29, 0.717) is 16.6 Å². The van der Waals surface area contributed by atoms with Crippen molar-refractivity contribution >= 4 is 23.0 Å². The van der Waals surface area contributed by atoms with Crippen molar-refractivity contribution in [2.24, 2.45) is 0 Å². The summed E-state index contributed by atoms with van der Waals surface area (Å²) >= 11 is 5.80. The summed E-state index contributed by atoms with van der Waals surface area (Å²) in [4.78, 5) is 6.62. The highest BCUT2D eigenvalue weighted by atomic mass is 32.1. The van der Waals surface area contributed by atoms with Crippen LogP contribution in [0.5, 0.6) is 11.5 Å². The minimum atomic E-state index is -0.271. The number of benzene rings is 2. The van der Waals surface area contributed by atoms with Crippen molar-refractivity contribution in [2.45, 2.75) is 12.1 Å². The van der Waals surface area contributed by atoms with Crippen LogP contribution in [-0.4, -0.2) is 24.3 Å². The standard InChI is InChI=1S/C26H23N3O3S/c1-30-18-11-12-20(23(16-18)31-2)29-25(24(28-26(29)33)19-10-6-7-15-27-19)22-14-13-21(32-22)17-8-4-3-5-9-17/h3-16,24-25H,1-2H3,(H,28,33). The van der Waals surface area contributed by atoms with Gasteiger partial charge in [0.2, 0.25) is 0 Å². The normalized spacial score (nSPS) is 17.6. The third-order valence-corrected chi connectivity index (χ3v) is 6.04. The average Bonchev–Trinajstić information content (AvgIpc) is 3.49. The number of hydrogen-bond donors (Lipinski definition) is 1. The monoisotopic (exact) mass is 457 g/mol. The largest absolute Gasteiger partial charge is 0.497 e. The summed E-state index contributed by atoms with van der Waals surface area (Å²) in [5, 5.41) is 4.01. The van der Waals surface area contributed by atoms with Gasteiger partial charge in [-0.3, -0.25) is 4.98 Å². The molecule has 1 saturated heterocycles. The lowest BCUT2D eigenvalue weighted by atomic mass is 10.0.